The molecule has 1 aromatic carbocycles. The number of alkyl halides is 3. The molecule has 1 heterocycles. The molecule has 0 saturated carbocycles. The van der Waals surface area contributed by atoms with E-state index in [-0.39, 0.29) is 0 Å². The molecule has 1 aliphatic heterocycles. The molecule has 2 rings (SSSR count). The van der Waals surface area contributed by atoms with Gasteiger partial charge in [-0.1, -0.05) is 19.1 Å². The number of nitrogens with zero attached hydrogens (tertiary/aromatic N) is 1. The molecule has 0 atom stereocenters. The summed E-state index contributed by atoms with van der Waals surface area (Å²) in [5, 5.41) is 3.24. The monoisotopic (exact) mass is 258 g/mol. The highest BCUT2D eigenvalue weighted by Crippen LogP contribution is 2.24. The number of nitrogens with one attached hydrogen (secondary N) is 1. The Balaban J connectivity index is 2.03. The molecular formula is C13H17F3N2. The van der Waals surface area contributed by atoms with Gasteiger partial charge in [0.2, 0.25) is 0 Å². The van der Waals surface area contributed by atoms with Gasteiger partial charge < -0.3 is 5.32 Å². The summed E-state index contributed by atoms with van der Waals surface area (Å²) in [7, 11) is 0. The predicted octanol–water partition coefficient (Wildman–Crippen LogP) is 3.04. The van der Waals surface area contributed by atoms with Crippen LogP contribution in [0.15, 0.2) is 18.2 Å². The van der Waals surface area contributed by atoms with Gasteiger partial charge in [0.1, 0.15) is 0 Å². The zero-order valence-electron chi connectivity index (χ0n) is 10.3. The summed E-state index contributed by atoms with van der Waals surface area (Å²) in [6, 6.07) is 5.89. The van der Waals surface area contributed by atoms with E-state index < -0.39 is 12.7 Å². The summed E-state index contributed by atoms with van der Waals surface area (Å²) in [5.41, 5.74) is 3.24. The first kappa shape index (κ1) is 13.2. The second-order valence-electron chi connectivity index (χ2n) is 4.59. The first-order valence-corrected chi connectivity index (χ1v) is 6.12. The van der Waals surface area contributed by atoms with E-state index in [0.29, 0.717) is 13.1 Å². The third-order valence-corrected chi connectivity index (χ3v) is 3.14. The molecule has 1 aromatic rings. The zero-order valence-corrected chi connectivity index (χ0v) is 10.3. The van der Waals surface area contributed by atoms with Crippen LogP contribution >= 0.6 is 0 Å². The van der Waals surface area contributed by atoms with Crippen molar-refractivity contribution in [1.82, 2.24) is 4.90 Å². The molecule has 18 heavy (non-hydrogen) atoms. The van der Waals surface area contributed by atoms with Gasteiger partial charge in [-0.3, -0.25) is 4.90 Å². The number of anilines is 1. The van der Waals surface area contributed by atoms with Crippen molar-refractivity contribution < 1.29 is 13.2 Å². The highest BCUT2D eigenvalue weighted by atomic mass is 19.4. The van der Waals surface area contributed by atoms with Gasteiger partial charge in [0, 0.05) is 18.8 Å². The fraction of sp³-hybridized carbons (Fsp3) is 0.538. The van der Waals surface area contributed by atoms with Gasteiger partial charge in [-0.15, -0.1) is 0 Å². The smallest absolute Gasteiger partial charge is 0.384 e. The SMILES string of the molecule is CCN(Cc1ccc2c(c1)NCC2)CC(F)(F)F. The van der Waals surface area contributed by atoms with Crippen LogP contribution in [0, 0.1) is 0 Å². The molecule has 0 aromatic heterocycles. The van der Waals surface area contributed by atoms with E-state index in [1.807, 2.05) is 18.2 Å². The van der Waals surface area contributed by atoms with E-state index in [2.05, 4.69) is 5.32 Å². The lowest BCUT2D eigenvalue weighted by molar-refractivity contribution is -0.146. The summed E-state index contributed by atoms with van der Waals surface area (Å²) in [6.45, 7) is 2.54. The fourth-order valence-corrected chi connectivity index (χ4v) is 2.23. The Bertz CT molecular complexity index is 415. The van der Waals surface area contributed by atoms with Gasteiger partial charge in [-0.2, -0.15) is 13.2 Å². The zero-order chi connectivity index (χ0) is 13.2. The summed E-state index contributed by atoms with van der Waals surface area (Å²) in [5.74, 6) is 0. The van der Waals surface area contributed by atoms with Crippen molar-refractivity contribution in [1.29, 1.82) is 0 Å². The molecule has 0 fully saturated rings. The van der Waals surface area contributed by atoms with Crippen molar-refractivity contribution in [2.75, 3.05) is 25.0 Å². The molecule has 0 unspecified atom stereocenters. The Kier molecular flexibility index (Phi) is 3.80. The standard InChI is InChI=1S/C13H17F3N2/c1-2-18(9-13(14,15)16)8-10-3-4-11-5-6-17-12(11)7-10/h3-4,7,17H,2,5-6,8-9H2,1H3. The molecule has 1 aliphatic rings. The maximum Gasteiger partial charge on any atom is 0.401 e. The Morgan fingerprint density at radius 2 is 2.11 bits per heavy atom. The van der Waals surface area contributed by atoms with Gasteiger partial charge in [0.15, 0.2) is 0 Å². The number of hydrogen-bond acceptors (Lipinski definition) is 2. The van der Waals surface area contributed by atoms with Crippen molar-refractivity contribution in [2.45, 2.75) is 26.1 Å². The van der Waals surface area contributed by atoms with E-state index in [9.17, 15) is 13.2 Å². The van der Waals surface area contributed by atoms with Crippen molar-refractivity contribution in [2.24, 2.45) is 0 Å². The molecule has 100 valence electrons. The van der Waals surface area contributed by atoms with Crippen LogP contribution in [0.5, 0.6) is 0 Å². The maximum atomic E-state index is 12.4. The van der Waals surface area contributed by atoms with Gasteiger partial charge in [0.25, 0.3) is 0 Å². The lowest BCUT2D eigenvalue weighted by Gasteiger charge is -2.22. The second kappa shape index (κ2) is 5.18. The van der Waals surface area contributed by atoms with Crippen LogP contribution in [0.25, 0.3) is 0 Å². The van der Waals surface area contributed by atoms with Crippen LogP contribution in [0.1, 0.15) is 18.1 Å². The largest absolute Gasteiger partial charge is 0.401 e. The normalized spacial score (nSPS) is 14.7. The topological polar surface area (TPSA) is 15.3 Å². The van der Waals surface area contributed by atoms with Crippen LogP contribution in [0.2, 0.25) is 0 Å². The quantitative estimate of drug-likeness (QED) is 0.893. The van der Waals surface area contributed by atoms with Gasteiger partial charge in [-0.25, -0.2) is 0 Å². The Labute approximate surface area is 105 Å². The molecular weight excluding hydrogens is 241 g/mol. The van der Waals surface area contributed by atoms with E-state index in [4.69, 9.17) is 0 Å². The van der Waals surface area contributed by atoms with Crippen LogP contribution in [-0.4, -0.2) is 30.7 Å². The summed E-state index contributed by atoms with van der Waals surface area (Å²) < 4.78 is 37.1. The summed E-state index contributed by atoms with van der Waals surface area (Å²) in [6.07, 6.45) is -3.14. The lowest BCUT2D eigenvalue weighted by Crippen LogP contribution is -2.33. The van der Waals surface area contributed by atoms with Gasteiger partial charge in [-0.05, 0) is 30.2 Å². The van der Waals surface area contributed by atoms with Crippen molar-refractivity contribution >= 4 is 5.69 Å². The molecule has 5 heteroatoms. The van der Waals surface area contributed by atoms with Gasteiger partial charge in [0.05, 0.1) is 6.54 Å². The number of fused-ring (bicyclic) bond motifs is 1. The molecule has 0 aliphatic carbocycles. The van der Waals surface area contributed by atoms with Crippen LogP contribution in [0.3, 0.4) is 0 Å². The Morgan fingerprint density at radius 1 is 1.33 bits per heavy atom. The van der Waals surface area contributed by atoms with E-state index in [0.717, 1.165) is 24.2 Å². The second-order valence-corrected chi connectivity index (χ2v) is 4.59. The van der Waals surface area contributed by atoms with Crippen molar-refractivity contribution in [3.05, 3.63) is 29.3 Å². The number of benzene rings is 1. The molecule has 1 N–H and O–H groups in total. The highest BCUT2D eigenvalue weighted by Gasteiger charge is 2.30. The number of rotatable bonds is 4. The first-order chi connectivity index (χ1) is 8.48. The first-order valence-electron chi connectivity index (χ1n) is 6.12. The fourth-order valence-electron chi connectivity index (χ4n) is 2.23. The van der Waals surface area contributed by atoms with Crippen molar-refractivity contribution in [3.8, 4) is 0 Å². The van der Waals surface area contributed by atoms with E-state index in [1.54, 1.807) is 6.92 Å². The third-order valence-electron chi connectivity index (χ3n) is 3.14. The minimum atomic E-state index is -4.13. The summed E-state index contributed by atoms with van der Waals surface area (Å²) in [4.78, 5) is 1.40. The molecule has 0 radical (unpaired) electrons. The third kappa shape index (κ3) is 3.38. The summed E-state index contributed by atoms with van der Waals surface area (Å²) >= 11 is 0. The Hall–Kier alpha value is -1.23. The van der Waals surface area contributed by atoms with Crippen LogP contribution in [-0.2, 0) is 13.0 Å². The van der Waals surface area contributed by atoms with Crippen LogP contribution < -0.4 is 5.32 Å². The van der Waals surface area contributed by atoms with Crippen LogP contribution in [0.4, 0.5) is 18.9 Å². The number of hydrogen-bond donors (Lipinski definition) is 1. The molecule has 0 amide bonds. The number of halogens is 3. The highest BCUT2D eigenvalue weighted by molar-refractivity contribution is 5.56. The molecule has 0 bridgehead atoms. The molecule has 0 spiro atoms. The average Bonchev–Trinajstić information content (AvgIpc) is 2.73. The van der Waals surface area contributed by atoms with Gasteiger partial charge >= 0.3 is 6.18 Å². The predicted molar refractivity (Wildman–Crippen MR) is 65.6 cm³/mol. The van der Waals surface area contributed by atoms with E-state index in [1.165, 1.54) is 10.5 Å². The maximum absolute atomic E-state index is 12.4. The van der Waals surface area contributed by atoms with E-state index >= 15 is 0 Å². The lowest BCUT2D eigenvalue weighted by atomic mass is 10.1. The average molecular weight is 258 g/mol. The molecule has 0 saturated heterocycles. The molecule has 2 nitrogen and oxygen atoms in total. The minimum Gasteiger partial charge on any atom is -0.384 e. The Morgan fingerprint density at radius 3 is 2.78 bits per heavy atom. The van der Waals surface area contributed by atoms with Crippen molar-refractivity contribution in [3.63, 3.8) is 0 Å². The minimum absolute atomic E-state index is 0.338.